The van der Waals surface area contributed by atoms with Crippen LogP contribution in [0.15, 0.2) is 36.4 Å². The van der Waals surface area contributed by atoms with Crippen molar-refractivity contribution in [3.8, 4) is 0 Å². The largest absolute Gasteiger partial charge is 0.357 e. The maximum Gasteiger partial charge on any atom is 0.241 e. The highest BCUT2D eigenvalue weighted by atomic mass is 35.5. The van der Waals surface area contributed by atoms with Crippen LogP contribution in [0.25, 0.3) is 0 Å². The molecule has 3 saturated heterocycles. The van der Waals surface area contributed by atoms with Gasteiger partial charge in [-0.05, 0) is 24.3 Å². The second-order valence-corrected chi connectivity index (χ2v) is 6.80. The van der Waals surface area contributed by atoms with Crippen molar-refractivity contribution in [1.82, 2.24) is 0 Å². The highest BCUT2D eigenvalue weighted by Crippen LogP contribution is 2.55. The molecular formula is C17H14ClNO5. The zero-order valence-corrected chi connectivity index (χ0v) is 13.3. The van der Waals surface area contributed by atoms with Crippen LogP contribution in [0.3, 0.4) is 0 Å². The van der Waals surface area contributed by atoms with Crippen LogP contribution in [0.2, 0.25) is 5.02 Å². The Bertz CT molecular complexity index is 774. The first-order valence-electron chi connectivity index (χ1n) is 7.85. The van der Waals surface area contributed by atoms with Crippen LogP contribution in [0.4, 0.5) is 5.69 Å². The van der Waals surface area contributed by atoms with Gasteiger partial charge in [-0.3, -0.25) is 9.59 Å². The summed E-state index contributed by atoms with van der Waals surface area (Å²) in [4.78, 5) is 27.2. The van der Waals surface area contributed by atoms with Crippen molar-refractivity contribution in [2.24, 2.45) is 11.8 Å². The lowest BCUT2D eigenvalue weighted by Crippen LogP contribution is -2.49. The van der Waals surface area contributed by atoms with E-state index in [-0.39, 0.29) is 11.8 Å². The van der Waals surface area contributed by atoms with E-state index >= 15 is 0 Å². The predicted molar refractivity (Wildman–Crippen MR) is 83.4 cm³/mol. The average molecular weight is 348 g/mol. The van der Waals surface area contributed by atoms with E-state index in [9.17, 15) is 9.59 Å². The number of amides is 2. The molecule has 0 aromatic heterocycles. The van der Waals surface area contributed by atoms with Gasteiger partial charge >= 0.3 is 0 Å². The van der Waals surface area contributed by atoms with Gasteiger partial charge in [-0.15, -0.1) is 0 Å². The Kier molecular flexibility index (Phi) is 2.98. The van der Waals surface area contributed by atoms with Crippen LogP contribution in [0, 0.1) is 11.8 Å². The van der Waals surface area contributed by atoms with Crippen molar-refractivity contribution in [2.75, 3.05) is 18.1 Å². The predicted octanol–water partition coefficient (Wildman–Crippen LogP) is 1.53. The molecule has 2 amide bonds. The number of benzene rings is 1. The number of hydrogen-bond donors (Lipinski definition) is 0. The molecule has 4 atom stereocenters. The van der Waals surface area contributed by atoms with Gasteiger partial charge in [0.1, 0.15) is 0 Å². The summed E-state index contributed by atoms with van der Waals surface area (Å²) in [6.45, 7) is 0.900. The Morgan fingerprint density at radius 3 is 2.71 bits per heavy atom. The Hall–Kier alpha value is -1.73. The molecule has 1 aromatic rings. The number of hydrogen-bond acceptors (Lipinski definition) is 5. The minimum absolute atomic E-state index is 0.263. The molecule has 0 spiro atoms. The molecule has 4 heterocycles. The molecule has 6 nitrogen and oxygen atoms in total. The van der Waals surface area contributed by atoms with E-state index < -0.39 is 29.8 Å². The third-order valence-electron chi connectivity index (χ3n) is 5.13. The number of halogens is 1. The third-order valence-corrected chi connectivity index (χ3v) is 5.37. The van der Waals surface area contributed by atoms with Crippen molar-refractivity contribution in [3.63, 3.8) is 0 Å². The normalized spacial score (nSPS) is 37.7. The van der Waals surface area contributed by atoms with E-state index in [4.69, 9.17) is 25.8 Å². The van der Waals surface area contributed by atoms with E-state index in [1.807, 2.05) is 12.2 Å². The zero-order valence-electron chi connectivity index (χ0n) is 12.6. The molecule has 0 unspecified atom stereocenters. The van der Waals surface area contributed by atoms with Crippen molar-refractivity contribution < 1.29 is 23.8 Å². The van der Waals surface area contributed by atoms with E-state index in [0.717, 1.165) is 0 Å². The lowest BCUT2D eigenvalue weighted by molar-refractivity contribution is -0.180. The summed E-state index contributed by atoms with van der Waals surface area (Å²) in [6, 6.07) is 6.74. The number of anilines is 1. The molecular weight excluding hydrogens is 334 g/mol. The molecule has 3 fully saturated rings. The lowest BCUT2D eigenvalue weighted by atomic mass is 9.76. The SMILES string of the molecule is O=C1[C@H]2[C@H]3C=C[C@@](C4OCCO4)(O3)[C@H]2C(=O)N1c1cccc(Cl)c1. The summed E-state index contributed by atoms with van der Waals surface area (Å²) in [5.74, 6) is -1.74. The summed E-state index contributed by atoms with van der Waals surface area (Å²) < 4.78 is 17.2. The fraction of sp³-hybridized carbons (Fsp3) is 0.412. The summed E-state index contributed by atoms with van der Waals surface area (Å²) in [6.07, 6.45) is 2.56. The molecule has 0 saturated carbocycles. The quantitative estimate of drug-likeness (QED) is 0.599. The van der Waals surface area contributed by atoms with Crippen molar-refractivity contribution >= 4 is 29.1 Å². The van der Waals surface area contributed by atoms with Crippen molar-refractivity contribution in [3.05, 3.63) is 41.4 Å². The van der Waals surface area contributed by atoms with Crippen LogP contribution in [-0.2, 0) is 23.8 Å². The number of carbonyl (C=O) groups excluding carboxylic acids is 2. The maximum atomic E-state index is 13.1. The molecule has 7 heteroatoms. The molecule has 2 bridgehead atoms. The summed E-state index contributed by atoms with van der Waals surface area (Å²) in [5, 5.41) is 0.472. The number of nitrogens with zero attached hydrogens (tertiary/aromatic N) is 1. The number of carbonyl (C=O) groups is 2. The summed E-state index contributed by atoms with van der Waals surface area (Å²) in [5.41, 5.74) is -0.541. The van der Waals surface area contributed by atoms with Crippen LogP contribution in [0.5, 0.6) is 0 Å². The minimum atomic E-state index is -1.02. The molecule has 4 aliphatic heterocycles. The van der Waals surface area contributed by atoms with Gasteiger partial charge in [-0.1, -0.05) is 23.7 Å². The van der Waals surface area contributed by atoms with E-state index in [2.05, 4.69) is 0 Å². The minimum Gasteiger partial charge on any atom is -0.357 e. The highest BCUT2D eigenvalue weighted by molar-refractivity contribution is 6.31. The van der Waals surface area contributed by atoms with E-state index in [1.54, 1.807) is 24.3 Å². The van der Waals surface area contributed by atoms with Gasteiger partial charge in [0.15, 0.2) is 11.9 Å². The standard InChI is InChI=1S/C17H14ClNO5/c18-9-2-1-3-10(8-9)19-14(20)12-11-4-5-17(24-11,13(12)15(19)21)16-22-6-7-23-16/h1-5,8,11-13,16H,6-7H2/t11-,12+,13-,17-/m1/s1. The molecule has 124 valence electrons. The van der Waals surface area contributed by atoms with Crippen molar-refractivity contribution in [2.45, 2.75) is 18.0 Å². The smallest absolute Gasteiger partial charge is 0.241 e. The fourth-order valence-corrected chi connectivity index (χ4v) is 4.38. The molecule has 5 rings (SSSR count). The van der Waals surface area contributed by atoms with Crippen LogP contribution < -0.4 is 4.90 Å². The average Bonchev–Trinajstić information content (AvgIpc) is 3.31. The summed E-state index contributed by atoms with van der Waals surface area (Å²) >= 11 is 6.01. The number of fused-ring (bicyclic) bond motifs is 5. The van der Waals surface area contributed by atoms with Crippen molar-refractivity contribution in [1.29, 1.82) is 0 Å². The van der Waals surface area contributed by atoms with Crippen LogP contribution >= 0.6 is 11.6 Å². The molecule has 0 N–H and O–H groups in total. The first-order valence-corrected chi connectivity index (χ1v) is 8.23. The maximum absolute atomic E-state index is 13.1. The number of imide groups is 1. The molecule has 1 aromatic carbocycles. The monoisotopic (exact) mass is 347 g/mol. The molecule has 4 aliphatic rings. The zero-order chi connectivity index (χ0) is 16.5. The second-order valence-electron chi connectivity index (χ2n) is 6.36. The summed E-state index contributed by atoms with van der Waals surface area (Å²) in [7, 11) is 0. The number of rotatable bonds is 2. The molecule has 0 aliphatic carbocycles. The Balaban J connectivity index is 1.57. The van der Waals surface area contributed by atoms with E-state index in [0.29, 0.717) is 23.9 Å². The third kappa shape index (κ3) is 1.71. The Morgan fingerprint density at radius 2 is 1.96 bits per heavy atom. The van der Waals surface area contributed by atoms with Gasteiger partial charge in [0.25, 0.3) is 0 Å². The molecule has 0 radical (unpaired) electrons. The first kappa shape index (κ1) is 14.6. The van der Waals surface area contributed by atoms with Gasteiger partial charge in [0, 0.05) is 5.02 Å². The topological polar surface area (TPSA) is 65.1 Å². The van der Waals surface area contributed by atoms with Crippen LogP contribution in [0.1, 0.15) is 0 Å². The number of ether oxygens (including phenoxy) is 3. The van der Waals surface area contributed by atoms with Gasteiger partial charge in [-0.2, -0.15) is 0 Å². The van der Waals surface area contributed by atoms with Gasteiger partial charge < -0.3 is 14.2 Å². The molecule has 24 heavy (non-hydrogen) atoms. The second kappa shape index (κ2) is 4.89. The fourth-order valence-electron chi connectivity index (χ4n) is 4.20. The highest BCUT2D eigenvalue weighted by Gasteiger charge is 2.71. The van der Waals surface area contributed by atoms with Gasteiger partial charge in [0.05, 0.1) is 36.8 Å². The van der Waals surface area contributed by atoms with E-state index in [1.165, 1.54) is 4.90 Å². The lowest BCUT2D eigenvalue weighted by Gasteiger charge is -2.32. The first-order chi connectivity index (χ1) is 11.6. The Morgan fingerprint density at radius 1 is 1.17 bits per heavy atom. The van der Waals surface area contributed by atoms with Crippen LogP contribution in [-0.4, -0.2) is 43.0 Å². The van der Waals surface area contributed by atoms with Gasteiger partial charge in [-0.25, -0.2) is 4.90 Å². The Labute approximate surface area is 142 Å². The van der Waals surface area contributed by atoms with Gasteiger partial charge in [0.2, 0.25) is 11.8 Å².